The molecule has 0 spiro atoms. The van der Waals surface area contributed by atoms with Gasteiger partial charge in [-0.1, -0.05) is 6.07 Å². The summed E-state index contributed by atoms with van der Waals surface area (Å²) in [5.74, 6) is 1.00. The van der Waals surface area contributed by atoms with Crippen molar-refractivity contribution in [3.05, 3.63) is 22.4 Å². The summed E-state index contributed by atoms with van der Waals surface area (Å²) in [7, 11) is 2.12. The molecule has 0 aliphatic carbocycles. The molecule has 144 valence electrons. The van der Waals surface area contributed by atoms with Crippen LogP contribution in [0.2, 0.25) is 0 Å². The highest BCUT2D eigenvalue weighted by molar-refractivity contribution is 14.0. The first-order chi connectivity index (χ1) is 11.6. The number of halogens is 1. The summed E-state index contributed by atoms with van der Waals surface area (Å²) >= 11 is 1.82. The van der Waals surface area contributed by atoms with Gasteiger partial charge in [-0.25, -0.2) is 0 Å². The molecule has 0 radical (unpaired) electrons. The summed E-state index contributed by atoms with van der Waals surface area (Å²) in [6.07, 6.45) is 1.06. The third-order valence-corrected chi connectivity index (χ3v) is 5.40. The van der Waals surface area contributed by atoms with Crippen LogP contribution in [-0.2, 0) is 11.2 Å². The van der Waals surface area contributed by atoms with Crippen molar-refractivity contribution in [3.63, 3.8) is 0 Å². The van der Waals surface area contributed by atoms with Crippen LogP contribution >= 0.6 is 35.3 Å². The third kappa shape index (κ3) is 7.40. The number of aliphatic imine (C=N–C) groups is 1. The summed E-state index contributed by atoms with van der Waals surface area (Å²) in [6.45, 7) is 12.0. The Morgan fingerprint density at radius 2 is 2.36 bits per heavy atom. The Balaban J connectivity index is 0.00000312. The highest BCUT2D eigenvalue weighted by atomic mass is 127. The van der Waals surface area contributed by atoms with Gasteiger partial charge in [0.15, 0.2) is 5.96 Å². The number of nitrogens with zero attached hydrogens (tertiary/aromatic N) is 3. The van der Waals surface area contributed by atoms with Crippen molar-refractivity contribution in [3.8, 4) is 0 Å². The Morgan fingerprint density at radius 1 is 1.56 bits per heavy atom. The Bertz CT molecular complexity index is 497. The molecular formula is C18H33IN4OS. The smallest absolute Gasteiger partial charge is 0.193 e. The van der Waals surface area contributed by atoms with Gasteiger partial charge in [-0.15, -0.1) is 35.3 Å². The molecule has 0 saturated carbocycles. The van der Waals surface area contributed by atoms with E-state index >= 15 is 0 Å². The predicted molar refractivity (Wildman–Crippen MR) is 118 cm³/mol. The Kier molecular flexibility index (Phi) is 11.0. The standard InChI is InChI=1S/C18H32N4OS.HI/c1-5-19-18(21(4)9-8-17-7-6-12-24-17)20-13-15(2)22-10-11-23-14-16(22)3;/h6-7,12,15-16H,5,8-11,13-14H2,1-4H3,(H,19,20);1H. The van der Waals surface area contributed by atoms with E-state index in [4.69, 9.17) is 9.73 Å². The van der Waals surface area contributed by atoms with E-state index in [1.165, 1.54) is 4.88 Å². The van der Waals surface area contributed by atoms with Gasteiger partial charge in [-0.05, 0) is 38.6 Å². The van der Waals surface area contributed by atoms with Crippen molar-refractivity contribution in [2.75, 3.05) is 46.4 Å². The van der Waals surface area contributed by atoms with E-state index < -0.39 is 0 Å². The van der Waals surface area contributed by atoms with Crippen LogP contribution in [0, 0.1) is 0 Å². The van der Waals surface area contributed by atoms with Crippen molar-refractivity contribution in [2.45, 2.75) is 39.3 Å². The highest BCUT2D eigenvalue weighted by Crippen LogP contribution is 2.12. The highest BCUT2D eigenvalue weighted by Gasteiger charge is 2.23. The summed E-state index contributed by atoms with van der Waals surface area (Å²) in [6, 6.07) is 5.22. The van der Waals surface area contributed by atoms with Crippen LogP contribution in [0.3, 0.4) is 0 Å². The van der Waals surface area contributed by atoms with Crippen LogP contribution < -0.4 is 5.32 Å². The minimum atomic E-state index is 0. The fourth-order valence-corrected chi connectivity index (χ4v) is 3.72. The summed E-state index contributed by atoms with van der Waals surface area (Å²) in [4.78, 5) is 11.0. The number of ether oxygens (including phenoxy) is 1. The number of morpholine rings is 1. The number of rotatable bonds is 7. The Labute approximate surface area is 173 Å². The lowest BCUT2D eigenvalue weighted by atomic mass is 10.2. The van der Waals surface area contributed by atoms with Crippen LogP contribution in [0.1, 0.15) is 25.6 Å². The maximum absolute atomic E-state index is 5.53. The molecule has 2 unspecified atom stereocenters. The van der Waals surface area contributed by atoms with Crippen LogP contribution in [0.25, 0.3) is 0 Å². The van der Waals surface area contributed by atoms with Gasteiger partial charge < -0.3 is 15.0 Å². The molecule has 0 bridgehead atoms. The maximum Gasteiger partial charge on any atom is 0.193 e. The average Bonchev–Trinajstić information content (AvgIpc) is 3.10. The Morgan fingerprint density at radius 3 is 3.00 bits per heavy atom. The van der Waals surface area contributed by atoms with E-state index in [1.807, 2.05) is 11.3 Å². The molecule has 1 fully saturated rings. The summed E-state index contributed by atoms with van der Waals surface area (Å²) < 4.78 is 5.53. The molecule has 1 N–H and O–H groups in total. The first-order valence-electron chi connectivity index (χ1n) is 8.97. The van der Waals surface area contributed by atoms with E-state index in [9.17, 15) is 0 Å². The second kappa shape index (κ2) is 12.1. The van der Waals surface area contributed by atoms with Gasteiger partial charge in [0.1, 0.15) is 0 Å². The van der Waals surface area contributed by atoms with Gasteiger partial charge in [0.2, 0.25) is 0 Å². The summed E-state index contributed by atoms with van der Waals surface area (Å²) in [5, 5.41) is 5.56. The normalized spacial score (nSPS) is 20.0. The van der Waals surface area contributed by atoms with Gasteiger partial charge in [0.05, 0.1) is 19.8 Å². The van der Waals surface area contributed by atoms with Crippen LogP contribution in [-0.4, -0.2) is 74.3 Å². The van der Waals surface area contributed by atoms with Crippen LogP contribution in [0.4, 0.5) is 0 Å². The molecule has 0 amide bonds. The first-order valence-corrected chi connectivity index (χ1v) is 9.85. The van der Waals surface area contributed by atoms with E-state index in [2.05, 4.69) is 60.4 Å². The van der Waals surface area contributed by atoms with Crippen LogP contribution in [0.5, 0.6) is 0 Å². The SMILES string of the molecule is CCNC(=NCC(C)N1CCOCC1C)N(C)CCc1cccs1.I. The summed E-state index contributed by atoms with van der Waals surface area (Å²) in [5.41, 5.74) is 0. The zero-order chi connectivity index (χ0) is 17.4. The molecule has 1 saturated heterocycles. The lowest BCUT2D eigenvalue weighted by Gasteiger charge is -2.37. The van der Waals surface area contributed by atoms with Crippen molar-refractivity contribution in [1.82, 2.24) is 15.1 Å². The molecule has 0 aromatic carbocycles. The number of nitrogens with one attached hydrogen (secondary N) is 1. The van der Waals surface area contributed by atoms with Gasteiger partial charge in [0.25, 0.3) is 0 Å². The predicted octanol–water partition coefficient (Wildman–Crippen LogP) is 2.92. The second-order valence-electron chi connectivity index (χ2n) is 6.46. The lowest BCUT2D eigenvalue weighted by Crippen LogP contribution is -2.49. The number of hydrogen-bond acceptors (Lipinski definition) is 4. The zero-order valence-electron chi connectivity index (χ0n) is 15.9. The second-order valence-corrected chi connectivity index (χ2v) is 7.49. The minimum Gasteiger partial charge on any atom is -0.379 e. The van der Waals surface area contributed by atoms with Crippen molar-refractivity contribution in [1.29, 1.82) is 0 Å². The van der Waals surface area contributed by atoms with E-state index in [-0.39, 0.29) is 24.0 Å². The monoisotopic (exact) mass is 480 g/mol. The number of likely N-dealkylation sites (N-methyl/N-ethyl adjacent to an activating group) is 1. The number of thiophene rings is 1. The largest absolute Gasteiger partial charge is 0.379 e. The number of guanidine groups is 1. The molecule has 2 rings (SSSR count). The molecular weight excluding hydrogens is 447 g/mol. The molecule has 2 atom stereocenters. The molecule has 2 heterocycles. The maximum atomic E-state index is 5.53. The lowest BCUT2D eigenvalue weighted by molar-refractivity contribution is -0.0166. The molecule has 25 heavy (non-hydrogen) atoms. The van der Waals surface area contributed by atoms with Gasteiger partial charge in [-0.3, -0.25) is 9.89 Å². The number of hydrogen-bond donors (Lipinski definition) is 1. The first kappa shape index (κ1) is 22.7. The van der Waals surface area contributed by atoms with Gasteiger partial charge >= 0.3 is 0 Å². The average molecular weight is 480 g/mol. The molecule has 1 aromatic rings. The molecule has 1 aromatic heterocycles. The Hall–Kier alpha value is -0.380. The van der Waals surface area contributed by atoms with Crippen molar-refractivity contribution >= 4 is 41.3 Å². The fourth-order valence-electron chi connectivity index (χ4n) is 3.03. The molecule has 5 nitrogen and oxygen atoms in total. The quantitative estimate of drug-likeness (QED) is 0.370. The molecule has 1 aliphatic heterocycles. The van der Waals surface area contributed by atoms with E-state index in [1.54, 1.807) is 0 Å². The van der Waals surface area contributed by atoms with Crippen molar-refractivity contribution in [2.24, 2.45) is 4.99 Å². The third-order valence-electron chi connectivity index (χ3n) is 4.46. The van der Waals surface area contributed by atoms with Gasteiger partial charge in [0, 0.05) is 43.6 Å². The van der Waals surface area contributed by atoms with E-state index in [0.717, 1.165) is 51.8 Å². The minimum absolute atomic E-state index is 0. The molecule has 1 aliphatic rings. The topological polar surface area (TPSA) is 40.1 Å². The fraction of sp³-hybridized carbons (Fsp3) is 0.722. The van der Waals surface area contributed by atoms with Crippen molar-refractivity contribution < 1.29 is 4.74 Å². The zero-order valence-corrected chi connectivity index (χ0v) is 19.0. The van der Waals surface area contributed by atoms with Gasteiger partial charge in [-0.2, -0.15) is 0 Å². The van der Waals surface area contributed by atoms with Crippen LogP contribution in [0.15, 0.2) is 22.5 Å². The molecule has 7 heteroatoms. The van der Waals surface area contributed by atoms with E-state index in [0.29, 0.717) is 12.1 Å².